The Hall–Kier alpha value is -2.11. The summed E-state index contributed by atoms with van der Waals surface area (Å²) < 4.78 is 0. The number of nitrogens with zero attached hydrogens (tertiary/aromatic N) is 2. The van der Waals surface area contributed by atoms with Crippen LogP contribution in [0, 0.1) is 0 Å². The Morgan fingerprint density at radius 3 is 2.74 bits per heavy atom. The van der Waals surface area contributed by atoms with Gasteiger partial charge in [0.2, 0.25) is 0 Å². The lowest BCUT2D eigenvalue weighted by molar-refractivity contribution is -0.880. The number of anilines is 2. The summed E-state index contributed by atoms with van der Waals surface area (Å²) in [6.45, 7) is 4.20. The van der Waals surface area contributed by atoms with Gasteiger partial charge in [-0.2, -0.15) is 0 Å². The molecule has 1 amide bonds. The zero-order chi connectivity index (χ0) is 16.2. The number of hydrogen-bond acceptors (Lipinski definition) is 3. The number of carbonyl (C=O) groups excluding carboxylic acids is 1. The third-order valence-corrected chi connectivity index (χ3v) is 4.39. The van der Waals surface area contributed by atoms with Gasteiger partial charge in [-0.3, -0.25) is 9.78 Å². The number of benzene rings is 1. The molecular formula is C17H20ClN4O+. The van der Waals surface area contributed by atoms with E-state index in [0.717, 1.165) is 31.9 Å². The molecule has 2 heterocycles. The first-order valence-corrected chi connectivity index (χ1v) is 8.08. The van der Waals surface area contributed by atoms with Crippen molar-refractivity contribution in [3.05, 3.63) is 53.3 Å². The second-order valence-corrected chi connectivity index (χ2v) is 6.21. The fourth-order valence-electron chi connectivity index (χ4n) is 2.67. The maximum absolute atomic E-state index is 12.1. The van der Waals surface area contributed by atoms with Crippen LogP contribution in [0.2, 0.25) is 5.02 Å². The predicted octanol–water partition coefficient (Wildman–Crippen LogP) is 1.32. The molecule has 3 rings (SSSR count). The maximum atomic E-state index is 12.1. The van der Waals surface area contributed by atoms with Crippen LogP contribution < -0.4 is 15.1 Å². The lowest BCUT2D eigenvalue weighted by Crippen LogP contribution is -3.12. The summed E-state index contributed by atoms with van der Waals surface area (Å²) in [5.74, 6) is -0.190. The van der Waals surface area contributed by atoms with Gasteiger partial charge in [-0.25, -0.2) is 0 Å². The highest BCUT2D eigenvalue weighted by atomic mass is 35.5. The quantitative estimate of drug-likeness (QED) is 0.892. The van der Waals surface area contributed by atoms with Gasteiger partial charge in [0, 0.05) is 18.1 Å². The minimum Gasteiger partial charge on any atom is -0.359 e. The molecule has 1 aliphatic rings. The predicted molar refractivity (Wildman–Crippen MR) is 92.5 cm³/mol. The largest absolute Gasteiger partial charge is 0.359 e. The van der Waals surface area contributed by atoms with E-state index in [0.29, 0.717) is 16.3 Å². The first-order valence-electron chi connectivity index (χ1n) is 7.70. The number of carbonyl (C=O) groups is 1. The van der Waals surface area contributed by atoms with Gasteiger partial charge in [0.1, 0.15) is 0 Å². The van der Waals surface area contributed by atoms with Crippen molar-refractivity contribution >= 4 is 28.9 Å². The summed E-state index contributed by atoms with van der Waals surface area (Å²) in [6.07, 6.45) is 3.18. The third-order valence-electron chi connectivity index (χ3n) is 4.09. The van der Waals surface area contributed by atoms with Crippen LogP contribution in [0.15, 0.2) is 42.7 Å². The van der Waals surface area contributed by atoms with Gasteiger partial charge < -0.3 is 15.1 Å². The monoisotopic (exact) mass is 331 g/mol. The molecule has 6 heteroatoms. The maximum Gasteiger partial charge on any atom is 0.257 e. The molecule has 23 heavy (non-hydrogen) atoms. The van der Waals surface area contributed by atoms with Crippen LogP contribution in [0.25, 0.3) is 0 Å². The summed E-state index contributed by atoms with van der Waals surface area (Å²) in [5.41, 5.74) is 2.24. The Labute approximate surface area is 140 Å². The highest BCUT2D eigenvalue weighted by Crippen LogP contribution is 2.29. The highest BCUT2D eigenvalue weighted by molar-refractivity contribution is 6.33. The zero-order valence-corrected chi connectivity index (χ0v) is 13.8. The van der Waals surface area contributed by atoms with Crippen LogP contribution in [-0.4, -0.2) is 44.1 Å². The van der Waals surface area contributed by atoms with Gasteiger partial charge in [-0.1, -0.05) is 11.6 Å². The molecule has 2 N–H and O–H groups in total. The number of nitrogens with one attached hydrogen (secondary N) is 2. The van der Waals surface area contributed by atoms with Crippen molar-refractivity contribution in [1.29, 1.82) is 0 Å². The van der Waals surface area contributed by atoms with Gasteiger partial charge in [0.05, 0.1) is 49.5 Å². The summed E-state index contributed by atoms with van der Waals surface area (Å²) in [7, 11) is 2.20. The van der Waals surface area contributed by atoms with Gasteiger partial charge in [-0.05, 0) is 30.3 Å². The molecule has 1 fully saturated rings. The van der Waals surface area contributed by atoms with Crippen molar-refractivity contribution in [1.82, 2.24) is 4.98 Å². The average Bonchev–Trinajstić information content (AvgIpc) is 2.57. The van der Waals surface area contributed by atoms with E-state index in [-0.39, 0.29) is 5.91 Å². The molecule has 0 radical (unpaired) electrons. The third kappa shape index (κ3) is 3.81. The van der Waals surface area contributed by atoms with E-state index in [1.165, 1.54) is 11.1 Å². The molecule has 1 aliphatic heterocycles. The second kappa shape index (κ2) is 6.98. The van der Waals surface area contributed by atoms with Gasteiger partial charge in [0.15, 0.2) is 0 Å². The Kier molecular flexibility index (Phi) is 4.79. The molecule has 120 valence electrons. The van der Waals surface area contributed by atoms with Crippen LogP contribution in [-0.2, 0) is 0 Å². The molecule has 0 unspecified atom stereocenters. The first-order chi connectivity index (χ1) is 11.1. The average molecular weight is 332 g/mol. The van der Waals surface area contributed by atoms with Crippen molar-refractivity contribution in [2.75, 3.05) is 43.4 Å². The smallest absolute Gasteiger partial charge is 0.257 e. The minimum absolute atomic E-state index is 0.190. The van der Waals surface area contributed by atoms with Crippen molar-refractivity contribution in [3.63, 3.8) is 0 Å². The molecule has 5 nitrogen and oxygen atoms in total. The Morgan fingerprint density at radius 1 is 1.30 bits per heavy atom. The Morgan fingerprint density at radius 2 is 2.09 bits per heavy atom. The van der Waals surface area contributed by atoms with Crippen molar-refractivity contribution in [3.8, 4) is 0 Å². The van der Waals surface area contributed by atoms with E-state index in [1.54, 1.807) is 24.4 Å². The highest BCUT2D eigenvalue weighted by Gasteiger charge is 2.19. The molecule has 1 saturated heterocycles. The molecule has 0 bridgehead atoms. The summed E-state index contributed by atoms with van der Waals surface area (Å²) in [5, 5.41) is 3.51. The van der Waals surface area contributed by atoms with Crippen molar-refractivity contribution in [2.45, 2.75) is 0 Å². The Bertz CT molecular complexity index is 684. The molecular weight excluding hydrogens is 312 g/mol. The van der Waals surface area contributed by atoms with Crippen LogP contribution in [0.3, 0.4) is 0 Å². The van der Waals surface area contributed by atoms with E-state index < -0.39 is 0 Å². The number of pyridine rings is 1. The summed E-state index contributed by atoms with van der Waals surface area (Å²) in [4.78, 5) is 19.9. The van der Waals surface area contributed by atoms with Gasteiger partial charge in [-0.15, -0.1) is 0 Å². The SMILES string of the molecule is C[NH+]1CCN(c2ccc(NC(=O)c3cccnc3)cc2Cl)CC1. The number of halogens is 1. The van der Waals surface area contributed by atoms with Crippen molar-refractivity contribution < 1.29 is 9.69 Å². The van der Waals surface area contributed by atoms with E-state index in [4.69, 9.17) is 11.6 Å². The van der Waals surface area contributed by atoms with Crippen LogP contribution in [0.4, 0.5) is 11.4 Å². The lowest BCUT2D eigenvalue weighted by Gasteiger charge is -2.32. The standard InChI is InChI=1S/C17H19ClN4O/c1-21-7-9-22(10-8-21)16-5-4-14(11-15(16)18)20-17(23)13-3-2-6-19-12-13/h2-6,11-12H,7-10H2,1H3,(H,20,23)/p+1. The zero-order valence-electron chi connectivity index (χ0n) is 13.1. The number of amides is 1. The Balaban J connectivity index is 1.71. The minimum atomic E-state index is -0.190. The van der Waals surface area contributed by atoms with Crippen molar-refractivity contribution in [2.24, 2.45) is 0 Å². The normalized spacial score (nSPS) is 15.5. The van der Waals surface area contributed by atoms with E-state index in [1.807, 2.05) is 12.1 Å². The van der Waals surface area contributed by atoms with Crippen LogP contribution in [0.1, 0.15) is 10.4 Å². The number of piperazine rings is 1. The number of rotatable bonds is 3. The van der Waals surface area contributed by atoms with Gasteiger partial charge >= 0.3 is 0 Å². The van der Waals surface area contributed by atoms with E-state index >= 15 is 0 Å². The number of likely N-dealkylation sites (N-methyl/N-ethyl adjacent to an activating group) is 1. The summed E-state index contributed by atoms with van der Waals surface area (Å²) in [6, 6.07) is 9.13. The molecule has 0 atom stereocenters. The molecule has 0 aliphatic carbocycles. The molecule has 1 aromatic carbocycles. The van der Waals surface area contributed by atoms with Gasteiger partial charge in [0.25, 0.3) is 5.91 Å². The second-order valence-electron chi connectivity index (χ2n) is 5.81. The molecule has 0 spiro atoms. The lowest BCUT2D eigenvalue weighted by atomic mass is 10.2. The van der Waals surface area contributed by atoms with E-state index in [9.17, 15) is 4.79 Å². The number of aromatic nitrogens is 1. The van der Waals surface area contributed by atoms with Crippen LogP contribution in [0.5, 0.6) is 0 Å². The number of quaternary nitrogens is 1. The molecule has 1 aromatic heterocycles. The number of hydrogen-bond donors (Lipinski definition) is 2. The topological polar surface area (TPSA) is 49.7 Å². The first kappa shape index (κ1) is 15.8. The summed E-state index contributed by atoms with van der Waals surface area (Å²) >= 11 is 6.42. The molecule has 0 saturated carbocycles. The fraction of sp³-hybridized carbons (Fsp3) is 0.294. The van der Waals surface area contributed by atoms with E-state index in [2.05, 4.69) is 22.2 Å². The van der Waals surface area contributed by atoms with Crippen LogP contribution >= 0.6 is 11.6 Å². The molecule has 2 aromatic rings. The fourth-order valence-corrected chi connectivity index (χ4v) is 2.97.